The number of carbonyl (C=O) groups is 1. The van der Waals surface area contributed by atoms with Crippen LogP contribution in [0.3, 0.4) is 0 Å². The average Bonchev–Trinajstić information content (AvgIpc) is 2.86. The summed E-state index contributed by atoms with van der Waals surface area (Å²) >= 11 is 0. The Bertz CT molecular complexity index is 1080. The molecule has 0 aliphatic carbocycles. The molecule has 2 heterocycles. The second kappa shape index (κ2) is 10.8. The van der Waals surface area contributed by atoms with Crippen LogP contribution >= 0.6 is 0 Å². The van der Waals surface area contributed by atoms with E-state index in [1.165, 1.54) is 18.5 Å². The van der Waals surface area contributed by atoms with Gasteiger partial charge in [-0.1, -0.05) is 37.8 Å². The molecule has 1 saturated heterocycles. The molecule has 1 aliphatic rings. The molecular weight excluding hydrogens is 415 g/mol. The van der Waals surface area contributed by atoms with Crippen molar-refractivity contribution in [2.45, 2.75) is 39.0 Å². The van der Waals surface area contributed by atoms with Crippen LogP contribution in [0.15, 0.2) is 73.2 Å². The second-order valence-electron chi connectivity index (χ2n) is 8.30. The molecule has 5 nitrogen and oxygen atoms in total. The molecule has 170 valence electrons. The van der Waals surface area contributed by atoms with Gasteiger partial charge >= 0.3 is 0 Å². The maximum atomic E-state index is 13.5. The number of hydrogen-bond acceptors (Lipinski definition) is 4. The van der Waals surface area contributed by atoms with Crippen LogP contribution in [0.25, 0.3) is 5.57 Å². The van der Waals surface area contributed by atoms with Crippen LogP contribution in [0.4, 0.5) is 4.39 Å². The smallest absolute Gasteiger partial charge is 0.254 e. The largest absolute Gasteiger partial charge is 0.339 e. The number of halogens is 1. The van der Waals surface area contributed by atoms with Gasteiger partial charge in [-0.25, -0.2) is 14.4 Å². The Balaban J connectivity index is 1.84. The lowest BCUT2D eigenvalue weighted by Crippen LogP contribution is -2.45. The summed E-state index contributed by atoms with van der Waals surface area (Å²) in [6.45, 7) is 8.59. The van der Waals surface area contributed by atoms with Gasteiger partial charge in [-0.3, -0.25) is 4.79 Å². The number of likely N-dealkylation sites (tertiary alicyclic amines) is 1. The Hall–Kier alpha value is -3.59. The van der Waals surface area contributed by atoms with Crippen LogP contribution in [0.2, 0.25) is 0 Å². The fourth-order valence-electron chi connectivity index (χ4n) is 4.63. The molecule has 0 spiro atoms. The number of aromatic nitrogens is 2. The minimum Gasteiger partial charge on any atom is -0.339 e. The molecule has 0 N–H and O–H groups in total. The zero-order chi connectivity index (χ0) is 23.8. The van der Waals surface area contributed by atoms with E-state index < -0.39 is 5.41 Å². The summed E-state index contributed by atoms with van der Waals surface area (Å²) in [4.78, 5) is 23.5. The minimum absolute atomic E-state index is 0.0150. The third kappa shape index (κ3) is 5.25. The highest BCUT2D eigenvalue weighted by Gasteiger charge is 2.43. The fraction of sp³-hybridized carbons (Fsp3) is 0.333. The average molecular weight is 445 g/mol. The molecule has 0 bridgehead atoms. The summed E-state index contributed by atoms with van der Waals surface area (Å²) < 4.78 is 13.4. The quantitative estimate of drug-likeness (QED) is 0.420. The van der Waals surface area contributed by atoms with Gasteiger partial charge in [0.1, 0.15) is 12.1 Å². The summed E-state index contributed by atoms with van der Waals surface area (Å²) in [6, 6.07) is 10.8. The fourth-order valence-corrected chi connectivity index (χ4v) is 4.63. The molecule has 1 fully saturated rings. The van der Waals surface area contributed by atoms with Gasteiger partial charge in [0.15, 0.2) is 0 Å². The van der Waals surface area contributed by atoms with E-state index in [2.05, 4.69) is 29.5 Å². The predicted octanol–water partition coefficient (Wildman–Crippen LogP) is 5.46. The van der Waals surface area contributed by atoms with Crippen LogP contribution in [0, 0.1) is 22.6 Å². The molecular formula is C27H29FN4O. The highest BCUT2D eigenvalue weighted by Crippen LogP contribution is 2.46. The van der Waals surface area contributed by atoms with Crippen molar-refractivity contribution < 1.29 is 9.18 Å². The van der Waals surface area contributed by atoms with Crippen LogP contribution in [0.1, 0.15) is 50.3 Å². The lowest BCUT2D eigenvalue weighted by molar-refractivity contribution is -0.128. The molecule has 33 heavy (non-hydrogen) atoms. The third-order valence-corrected chi connectivity index (χ3v) is 6.51. The van der Waals surface area contributed by atoms with Crippen LogP contribution in [-0.4, -0.2) is 33.9 Å². The van der Waals surface area contributed by atoms with E-state index in [0.717, 1.165) is 17.6 Å². The number of nitriles is 1. The lowest BCUT2D eigenvalue weighted by Gasteiger charge is -2.42. The van der Waals surface area contributed by atoms with Crippen molar-refractivity contribution in [1.29, 1.82) is 5.26 Å². The molecule has 0 radical (unpaired) electrons. The first kappa shape index (κ1) is 24.1. The standard InChI is InChI=1S/C27H29FN4O/c1-4-6-7-23(20(3)25-12-15-30-19-31-25)26(33)32-16-13-27(18-29,14-17-32)24(5-2)21-8-10-22(28)11-9-21/h4,6-12,15,19,24H,1,5,13-14,16-17H2,2-3H3/b7-6-,23-20-/t24-/m0/s1. The maximum absolute atomic E-state index is 13.5. The van der Waals surface area contributed by atoms with Crippen LogP contribution in [0.5, 0.6) is 0 Å². The lowest BCUT2D eigenvalue weighted by atomic mass is 9.66. The molecule has 3 rings (SSSR count). The van der Waals surface area contributed by atoms with Gasteiger partial charge in [0.05, 0.1) is 17.2 Å². The molecule has 0 unspecified atom stereocenters. The van der Waals surface area contributed by atoms with Gasteiger partial charge in [-0.15, -0.1) is 0 Å². The van der Waals surface area contributed by atoms with E-state index in [4.69, 9.17) is 0 Å². The molecule has 1 atom stereocenters. The van der Waals surface area contributed by atoms with Crippen LogP contribution < -0.4 is 0 Å². The van der Waals surface area contributed by atoms with Crippen LogP contribution in [-0.2, 0) is 4.79 Å². The topological polar surface area (TPSA) is 69.9 Å². The zero-order valence-electron chi connectivity index (χ0n) is 19.2. The van der Waals surface area contributed by atoms with E-state index in [1.807, 2.05) is 6.92 Å². The molecule has 1 amide bonds. The zero-order valence-corrected chi connectivity index (χ0v) is 19.2. The Morgan fingerprint density at radius 3 is 2.55 bits per heavy atom. The van der Waals surface area contributed by atoms with Gasteiger partial charge in [0.25, 0.3) is 5.91 Å². The van der Waals surface area contributed by atoms with Gasteiger partial charge < -0.3 is 4.90 Å². The number of hydrogen-bond donors (Lipinski definition) is 0. The monoisotopic (exact) mass is 444 g/mol. The second-order valence-corrected chi connectivity index (χ2v) is 8.30. The maximum Gasteiger partial charge on any atom is 0.254 e. The third-order valence-electron chi connectivity index (χ3n) is 6.51. The minimum atomic E-state index is -0.591. The highest BCUT2D eigenvalue weighted by atomic mass is 19.1. The molecule has 0 saturated carbocycles. The Labute approximate surface area is 195 Å². The summed E-state index contributed by atoms with van der Waals surface area (Å²) in [5.41, 5.74) is 2.37. The first-order valence-corrected chi connectivity index (χ1v) is 11.2. The molecule has 1 aliphatic heterocycles. The van der Waals surface area contributed by atoms with Crippen molar-refractivity contribution in [3.63, 3.8) is 0 Å². The molecule has 2 aromatic rings. The number of piperidine rings is 1. The summed E-state index contributed by atoms with van der Waals surface area (Å²) in [5.74, 6) is -0.393. The number of nitrogens with zero attached hydrogens (tertiary/aromatic N) is 4. The number of carbonyl (C=O) groups excluding carboxylic acids is 1. The first-order chi connectivity index (χ1) is 16.0. The summed E-state index contributed by atoms with van der Waals surface area (Å²) in [6.07, 6.45) is 10.1. The SMILES string of the molecule is C=C/C=C\C(C(=O)N1CCC(C#N)([C@@H](CC)c2ccc(F)cc2)CC1)=C(/C)c1ccncn1. The van der Waals surface area contributed by atoms with E-state index in [1.54, 1.807) is 47.5 Å². The van der Waals surface area contributed by atoms with Crippen molar-refractivity contribution in [3.8, 4) is 6.07 Å². The number of rotatable bonds is 7. The number of benzene rings is 1. The number of amides is 1. The molecule has 1 aromatic carbocycles. The summed E-state index contributed by atoms with van der Waals surface area (Å²) in [5, 5.41) is 10.2. The molecule has 6 heteroatoms. The van der Waals surface area contributed by atoms with E-state index in [9.17, 15) is 14.4 Å². The van der Waals surface area contributed by atoms with E-state index >= 15 is 0 Å². The number of allylic oxidation sites excluding steroid dienone is 3. The predicted molar refractivity (Wildman–Crippen MR) is 127 cm³/mol. The van der Waals surface area contributed by atoms with Crippen molar-refractivity contribution >= 4 is 11.5 Å². The van der Waals surface area contributed by atoms with Gasteiger partial charge in [-0.2, -0.15) is 5.26 Å². The highest BCUT2D eigenvalue weighted by molar-refractivity contribution is 6.03. The van der Waals surface area contributed by atoms with Gasteiger partial charge in [-0.05, 0) is 61.6 Å². The van der Waals surface area contributed by atoms with Gasteiger partial charge in [0, 0.05) is 30.8 Å². The normalized spacial score (nSPS) is 17.2. The van der Waals surface area contributed by atoms with E-state index in [-0.39, 0.29) is 17.6 Å². The van der Waals surface area contributed by atoms with Gasteiger partial charge in [0.2, 0.25) is 0 Å². The Morgan fingerprint density at radius 2 is 2.00 bits per heavy atom. The summed E-state index contributed by atoms with van der Waals surface area (Å²) in [7, 11) is 0. The molecule has 1 aromatic heterocycles. The van der Waals surface area contributed by atoms with Crippen molar-refractivity contribution in [1.82, 2.24) is 14.9 Å². The van der Waals surface area contributed by atoms with Crippen molar-refractivity contribution in [2.24, 2.45) is 5.41 Å². The Kier molecular flexibility index (Phi) is 7.89. The Morgan fingerprint density at radius 1 is 1.30 bits per heavy atom. The van der Waals surface area contributed by atoms with Crippen molar-refractivity contribution in [2.75, 3.05) is 13.1 Å². The first-order valence-electron chi connectivity index (χ1n) is 11.2. The van der Waals surface area contributed by atoms with E-state index in [0.29, 0.717) is 37.2 Å². The van der Waals surface area contributed by atoms with Crippen molar-refractivity contribution in [3.05, 3.63) is 90.3 Å².